The molecule has 298 valence electrons. The predicted molar refractivity (Wildman–Crippen MR) is 261 cm³/mol. The molecule has 0 aliphatic heterocycles. The van der Waals surface area contributed by atoms with Crippen LogP contribution in [0.15, 0.2) is 205 Å². The monoisotopic (exact) mass is 799 g/mol. The number of hydrogen-bond donors (Lipinski definition) is 0. The fraction of sp³-hybridized carbons (Fsp3) is 0.0702. The Morgan fingerprint density at radius 1 is 0.452 bits per heavy atom. The van der Waals surface area contributed by atoms with Crippen molar-refractivity contribution < 1.29 is 0 Å². The summed E-state index contributed by atoms with van der Waals surface area (Å²) >= 11 is 0. The highest BCUT2D eigenvalue weighted by molar-refractivity contribution is 6.18. The Morgan fingerprint density at radius 3 is 1.68 bits per heavy atom. The van der Waals surface area contributed by atoms with Gasteiger partial charge in [0.05, 0.1) is 44.8 Å². The van der Waals surface area contributed by atoms with E-state index in [1.54, 1.807) is 0 Å². The number of aliphatic imine (C=N–C) groups is 1. The minimum absolute atomic E-state index is 0.580. The van der Waals surface area contributed by atoms with Gasteiger partial charge in [-0.05, 0) is 78.2 Å². The van der Waals surface area contributed by atoms with Crippen LogP contribution in [-0.2, 0) is 12.8 Å². The molecule has 3 aromatic heterocycles. The molecule has 3 heterocycles. The summed E-state index contributed by atoms with van der Waals surface area (Å²) in [5, 5.41) is 4.50. The minimum Gasteiger partial charge on any atom is -0.307 e. The van der Waals surface area contributed by atoms with Gasteiger partial charge in [0.15, 0.2) is 0 Å². The maximum Gasteiger partial charge on any atom is 0.235 e. The summed E-state index contributed by atoms with van der Waals surface area (Å²) in [4.78, 5) is 15.8. The molecular formula is C57H45N5. The summed E-state index contributed by atoms with van der Waals surface area (Å²) in [7, 11) is 0. The smallest absolute Gasteiger partial charge is 0.235 e. The van der Waals surface area contributed by atoms with E-state index in [-0.39, 0.29) is 0 Å². The second kappa shape index (κ2) is 16.6. The highest BCUT2D eigenvalue weighted by atomic mass is 15.2. The van der Waals surface area contributed by atoms with E-state index in [4.69, 9.17) is 15.0 Å². The van der Waals surface area contributed by atoms with Crippen molar-refractivity contribution in [1.29, 1.82) is 0 Å². The zero-order chi connectivity index (χ0) is 42.0. The Morgan fingerprint density at radius 2 is 1.00 bits per heavy atom. The Labute approximate surface area is 362 Å². The number of aryl methyl sites for hydroxylation is 2. The Hall–Kier alpha value is -7.89. The fourth-order valence-electron chi connectivity index (χ4n) is 8.97. The second-order valence-corrected chi connectivity index (χ2v) is 15.2. The van der Waals surface area contributed by atoms with Crippen LogP contribution in [0.2, 0.25) is 0 Å². The number of nitrogens with zero attached hydrogens (tertiary/aromatic N) is 5. The maximum absolute atomic E-state index is 5.50. The molecule has 0 spiro atoms. The summed E-state index contributed by atoms with van der Waals surface area (Å²) < 4.78 is 4.65. The molecule has 0 unspecified atom stereocenters. The number of para-hydroxylation sites is 3. The largest absolute Gasteiger partial charge is 0.307 e. The van der Waals surface area contributed by atoms with Gasteiger partial charge >= 0.3 is 0 Å². The van der Waals surface area contributed by atoms with Gasteiger partial charge in [-0.2, -0.15) is 0 Å². The molecule has 0 aliphatic rings. The molecule has 0 fully saturated rings. The van der Waals surface area contributed by atoms with Crippen molar-refractivity contribution in [1.82, 2.24) is 19.1 Å². The molecule has 62 heavy (non-hydrogen) atoms. The molecule has 0 atom stereocenters. The standard InChI is InChI=1S/C55H39N5.C2H6/c1-56-53-40(32-31-37-17-5-2-6-18-37)33-34-50-52(53)45-27-16-30-51(59-48-28-13-11-25-43(48)44-26-12-14-29-49(44)59)54(45)60(50)55-57-46(39-21-9-4-10-22-39)36-47(58-55)42-24-15-23-41(35-42)38-19-7-3-8-20-38;1-2/h2-30,33-36H,1,31-32H2;1-2H3. The van der Waals surface area contributed by atoms with Gasteiger partial charge in [-0.25, -0.2) is 9.97 Å². The van der Waals surface area contributed by atoms with Gasteiger partial charge in [0.2, 0.25) is 5.95 Å². The van der Waals surface area contributed by atoms with Crippen LogP contribution in [0.3, 0.4) is 0 Å². The normalized spacial score (nSPS) is 11.3. The summed E-state index contributed by atoms with van der Waals surface area (Å²) in [6.45, 7) is 8.18. The summed E-state index contributed by atoms with van der Waals surface area (Å²) in [5.74, 6) is 0.580. The van der Waals surface area contributed by atoms with Crippen LogP contribution in [0.25, 0.3) is 88.9 Å². The Balaban J connectivity index is 0.00000226. The molecule has 0 radical (unpaired) electrons. The first-order valence-electron chi connectivity index (χ1n) is 21.4. The summed E-state index contributed by atoms with van der Waals surface area (Å²) in [6.07, 6.45) is 1.73. The average Bonchev–Trinajstić information content (AvgIpc) is 3.88. The molecule has 11 rings (SSSR count). The Kier molecular flexibility index (Phi) is 10.3. The topological polar surface area (TPSA) is 48.0 Å². The molecular weight excluding hydrogens is 755 g/mol. The minimum atomic E-state index is 0.580. The van der Waals surface area contributed by atoms with E-state index < -0.39 is 0 Å². The van der Waals surface area contributed by atoms with Gasteiger partial charge in [0, 0.05) is 32.7 Å². The second-order valence-electron chi connectivity index (χ2n) is 15.2. The van der Waals surface area contributed by atoms with Crippen LogP contribution >= 0.6 is 0 Å². The summed E-state index contributed by atoms with van der Waals surface area (Å²) in [6, 6.07) is 70.7. The van der Waals surface area contributed by atoms with Gasteiger partial charge < -0.3 is 4.57 Å². The van der Waals surface area contributed by atoms with Crippen molar-refractivity contribution in [2.45, 2.75) is 26.7 Å². The van der Waals surface area contributed by atoms with E-state index in [0.717, 1.165) is 96.3 Å². The van der Waals surface area contributed by atoms with E-state index in [2.05, 4.69) is 210 Å². The molecule has 5 heteroatoms. The van der Waals surface area contributed by atoms with Gasteiger partial charge in [-0.1, -0.05) is 178 Å². The predicted octanol–water partition coefficient (Wildman–Crippen LogP) is 14.8. The number of hydrogen-bond acceptors (Lipinski definition) is 3. The highest BCUT2D eigenvalue weighted by Crippen LogP contribution is 2.44. The summed E-state index contributed by atoms with van der Waals surface area (Å²) in [5.41, 5.74) is 14.6. The third-order valence-corrected chi connectivity index (χ3v) is 11.7. The van der Waals surface area contributed by atoms with Gasteiger partial charge in [0.1, 0.15) is 0 Å². The SMILES string of the molecule is C=Nc1c(CCc2ccccc2)ccc2c1c1cccc(-n3c4ccccc4c4ccccc43)c1n2-c1nc(-c2ccccc2)cc(-c2cccc(-c3ccccc3)c2)n1.CC. The highest BCUT2D eigenvalue weighted by Gasteiger charge is 2.24. The maximum atomic E-state index is 5.50. The van der Waals surface area contributed by atoms with Crippen LogP contribution < -0.4 is 0 Å². The molecule has 0 N–H and O–H groups in total. The van der Waals surface area contributed by atoms with Crippen molar-refractivity contribution in [2.75, 3.05) is 0 Å². The van der Waals surface area contributed by atoms with Crippen molar-refractivity contribution in [2.24, 2.45) is 4.99 Å². The van der Waals surface area contributed by atoms with Gasteiger partial charge in [-0.15, -0.1) is 0 Å². The first kappa shape index (κ1) is 38.3. The van der Waals surface area contributed by atoms with Crippen LogP contribution in [0.4, 0.5) is 5.69 Å². The van der Waals surface area contributed by atoms with E-state index in [0.29, 0.717) is 5.95 Å². The van der Waals surface area contributed by atoms with E-state index >= 15 is 0 Å². The van der Waals surface area contributed by atoms with Gasteiger partial charge in [-0.3, -0.25) is 9.56 Å². The average molecular weight is 800 g/mol. The van der Waals surface area contributed by atoms with Crippen molar-refractivity contribution in [3.63, 3.8) is 0 Å². The van der Waals surface area contributed by atoms with Crippen LogP contribution in [0, 0.1) is 0 Å². The molecule has 0 saturated heterocycles. The van der Waals surface area contributed by atoms with Crippen LogP contribution in [0.5, 0.6) is 0 Å². The zero-order valence-corrected chi connectivity index (χ0v) is 34.9. The number of rotatable bonds is 9. The molecule has 11 aromatic rings. The first-order valence-corrected chi connectivity index (χ1v) is 21.4. The van der Waals surface area contributed by atoms with Crippen LogP contribution in [-0.4, -0.2) is 25.8 Å². The molecule has 0 amide bonds. The lowest BCUT2D eigenvalue weighted by Crippen LogP contribution is -2.06. The fourth-order valence-corrected chi connectivity index (χ4v) is 8.97. The number of benzene rings is 8. The molecule has 5 nitrogen and oxygen atoms in total. The molecule has 0 saturated carbocycles. The lowest BCUT2D eigenvalue weighted by atomic mass is 9.99. The lowest BCUT2D eigenvalue weighted by molar-refractivity contribution is 0.960. The van der Waals surface area contributed by atoms with E-state index in [1.165, 1.54) is 16.3 Å². The van der Waals surface area contributed by atoms with Crippen molar-refractivity contribution in [3.8, 4) is 45.3 Å². The molecule has 8 aromatic carbocycles. The molecule has 0 bridgehead atoms. The quantitative estimate of drug-likeness (QED) is 0.137. The van der Waals surface area contributed by atoms with Crippen LogP contribution in [0.1, 0.15) is 25.0 Å². The number of fused-ring (bicyclic) bond motifs is 6. The lowest BCUT2D eigenvalue weighted by Gasteiger charge is -2.15. The van der Waals surface area contributed by atoms with Gasteiger partial charge in [0.25, 0.3) is 0 Å². The van der Waals surface area contributed by atoms with E-state index in [9.17, 15) is 0 Å². The number of aromatic nitrogens is 4. The van der Waals surface area contributed by atoms with Crippen molar-refractivity contribution >= 4 is 56.0 Å². The van der Waals surface area contributed by atoms with Crippen molar-refractivity contribution in [3.05, 3.63) is 211 Å². The third kappa shape index (κ3) is 6.74. The Bertz CT molecular complexity index is 3330. The van der Waals surface area contributed by atoms with E-state index in [1.807, 2.05) is 19.9 Å². The zero-order valence-electron chi connectivity index (χ0n) is 34.9. The molecule has 0 aliphatic carbocycles. The third-order valence-electron chi connectivity index (χ3n) is 11.7. The first-order chi connectivity index (χ1) is 30.7.